The zero-order chi connectivity index (χ0) is 11.4. The van der Waals surface area contributed by atoms with Crippen molar-refractivity contribution in [1.29, 1.82) is 0 Å². The minimum Gasteiger partial charge on any atom is -0.469 e. The van der Waals surface area contributed by atoms with Gasteiger partial charge in [0.05, 0.1) is 13.5 Å². The lowest BCUT2D eigenvalue weighted by Gasteiger charge is -2.21. The minimum absolute atomic E-state index is 0. The molecule has 2 N–H and O–H groups in total. The Morgan fingerprint density at radius 1 is 1.33 bits per heavy atom. The highest BCUT2D eigenvalue weighted by atomic mass is 35.5. The fraction of sp³-hybridized carbons (Fsp3) is 0.778. The van der Waals surface area contributed by atoms with Crippen molar-refractivity contribution in [3.63, 3.8) is 0 Å². The van der Waals surface area contributed by atoms with Crippen LogP contribution in [0, 0.1) is 0 Å². The maximum Gasteiger partial charge on any atom is 0.324 e. The van der Waals surface area contributed by atoms with Crippen LogP contribution >= 0.6 is 12.4 Å². The summed E-state index contributed by atoms with van der Waals surface area (Å²) >= 11 is 0. The van der Waals surface area contributed by atoms with Gasteiger partial charge in [-0.2, -0.15) is 0 Å². The monoisotopic (exact) mass is 239 g/mol. The predicted octanol–water partition coefficient (Wildman–Crippen LogP) is 0.640. The Bertz CT molecular complexity index is 225. The van der Waals surface area contributed by atoms with Crippen molar-refractivity contribution in [1.82, 2.24) is 0 Å². The van der Waals surface area contributed by atoms with Crippen LogP contribution < -0.4 is 5.73 Å². The van der Waals surface area contributed by atoms with Crippen molar-refractivity contribution < 1.29 is 19.1 Å². The van der Waals surface area contributed by atoms with Crippen LogP contribution in [-0.4, -0.2) is 30.7 Å². The van der Waals surface area contributed by atoms with Crippen LogP contribution in [0.25, 0.3) is 0 Å². The number of rotatable bonds is 3. The van der Waals surface area contributed by atoms with Crippen LogP contribution in [-0.2, 0) is 19.1 Å². The second-order valence-corrected chi connectivity index (χ2v) is 3.92. The molecule has 6 heteroatoms. The summed E-state index contributed by atoms with van der Waals surface area (Å²) in [5, 5.41) is 0. The van der Waals surface area contributed by atoms with Gasteiger partial charge in [-0.25, -0.2) is 0 Å². The maximum atomic E-state index is 11.3. The van der Waals surface area contributed by atoms with Gasteiger partial charge >= 0.3 is 11.9 Å². The normalized spacial score (nSPS) is 12.3. The molecule has 0 aliphatic carbocycles. The van der Waals surface area contributed by atoms with E-state index in [1.54, 1.807) is 20.8 Å². The Balaban J connectivity index is 0. The third kappa shape index (κ3) is 8.20. The molecule has 0 fully saturated rings. The van der Waals surface area contributed by atoms with Crippen molar-refractivity contribution in [2.24, 2.45) is 5.73 Å². The molecule has 90 valence electrons. The van der Waals surface area contributed by atoms with Crippen molar-refractivity contribution in [3.8, 4) is 0 Å². The average Bonchev–Trinajstić information content (AvgIpc) is 2.00. The lowest BCUT2D eigenvalue weighted by atomic mass is 10.1. The van der Waals surface area contributed by atoms with Crippen LogP contribution in [0.3, 0.4) is 0 Å². The molecule has 5 nitrogen and oxygen atoms in total. The third-order valence-electron chi connectivity index (χ3n) is 1.32. The molecule has 0 saturated heterocycles. The molecule has 0 heterocycles. The summed E-state index contributed by atoms with van der Waals surface area (Å²) in [4.78, 5) is 22.0. The van der Waals surface area contributed by atoms with Gasteiger partial charge in [-0.15, -0.1) is 12.4 Å². The van der Waals surface area contributed by atoms with Crippen LogP contribution in [0.5, 0.6) is 0 Å². The zero-order valence-corrected chi connectivity index (χ0v) is 10.2. The van der Waals surface area contributed by atoms with Crippen molar-refractivity contribution >= 4 is 24.3 Å². The molecule has 0 aromatic heterocycles. The molecule has 0 bridgehead atoms. The van der Waals surface area contributed by atoms with Crippen LogP contribution in [0.4, 0.5) is 0 Å². The highest BCUT2D eigenvalue weighted by Crippen LogP contribution is 2.08. The van der Waals surface area contributed by atoms with E-state index in [0.717, 1.165) is 0 Å². The lowest BCUT2D eigenvalue weighted by molar-refractivity contribution is -0.159. The van der Waals surface area contributed by atoms with Crippen LogP contribution in [0.1, 0.15) is 27.2 Å². The third-order valence-corrected chi connectivity index (χ3v) is 1.32. The van der Waals surface area contributed by atoms with E-state index in [2.05, 4.69) is 4.74 Å². The topological polar surface area (TPSA) is 78.6 Å². The molecule has 0 amide bonds. The minimum atomic E-state index is -0.957. The molecule has 0 spiro atoms. The highest BCUT2D eigenvalue weighted by molar-refractivity contribution is 5.85. The average molecular weight is 240 g/mol. The first-order valence-corrected chi connectivity index (χ1v) is 4.31. The molecule has 1 atom stereocenters. The summed E-state index contributed by atoms with van der Waals surface area (Å²) < 4.78 is 9.35. The fourth-order valence-electron chi connectivity index (χ4n) is 0.724. The number of ether oxygens (including phenoxy) is 2. The first kappa shape index (κ1) is 16.6. The lowest BCUT2D eigenvalue weighted by Crippen LogP contribution is -2.39. The largest absolute Gasteiger partial charge is 0.469 e. The number of hydrogen-bond donors (Lipinski definition) is 1. The SMILES string of the molecule is COC(=O)C[C@H](N)C(=O)OC(C)(C)C.Cl. The number of methoxy groups -OCH3 is 1. The van der Waals surface area contributed by atoms with Crippen LogP contribution in [0.2, 0.25) is 0 Å². The van der Waals surface area contributed by atoms with E-state index in [1.807, 2.05) is 0 Å². The summed E-state index contributed by atoms with van der Waals surface area (Å²) in [6.45, 7) is 5.20. The second-order valence-electron chi connectivity index (χ2n) is 3.92. The first-order chi connectivity index (χ1) is 6.26. The molecular formula is C9H18ClNO4. The Hall–Kier alpha value is -0.810. The Labute approximate surface area is 95.7 Å². The summed E-state index contributed by atoms with van der Waals surface area (Å²) in [5.41, 5.74) is 4.83. The second kappa shape index (κ2) is 6.63. The quantitative estimate of drug-likeness (QED) is 0.732. The van der Waals surface area contributed by atoms with Gasteiger partial charge in [0.2, 0.25) is 0 Å². The summed E-state index contributed by atoms with van der Waals surface area (Å²) in [6, 6.07) is -0.957. The smallest absolute Gasteiger partial charge is 0.324 e. The van der Waals surface area contributed by atoms with E-state index in [1.165, 1.54) is 7.11 Å². The Kier molecular flexibility index (Phi) is 7.35. The molecule has 0 aliphatic rings. The molecule has 15 heavy (non-hydrogen) atoms. The molecular weight excluding hydrogens is 222 g/mol. The van der Waals surface area contributed by atoms with Gasteiger partial charge < -0.3 is 15.2 Å². The van der Waals surface area contributed by atoms with E-state index < -0.39 is 23.6 Å². The first-order valence-electron chi connectivity index (χ1n) is 4.31. The molecule has 0 unspecified atom stereocenters. The van der Waals surface area contributed by atoms with E-state index in [0.29, 0.717) is 0 Å². The number of nitrogens with two attached hydrogens (primary N) is 1. The van der Waals surface area contributed by atoms with E-state index >= 15 is 0 Å². The number of halogens is 1. The molecule has 0 rings (SSSR count). The maximum absolute atomic E-state index is 11.3. The standard InChI is InChI=1S/C9H17NO4.ClH/c1-9(2,3)14-8(12)6(10)5-7(11)13-4;/h6H,5,10H2,1-4H3;1H/t6-;/m0./s1. The van der Waals surface area contributed by atoms with E-state index in [4.69, 9.17) is 10.5 Å². The highest BCUT2D eigenvalue weighted by Gasteiger charge is 2.24. The summed E-state index contributed by atoms with van der Waals surface area (Å²) in [5.74, 6) is -1.12. The predicted molar refractivity (Wildman–Crippen MR) is 57.7 cm³/mol. The van der Waals surface area contributed by atoms with Gasteiger partial charge in [0, 0.05) is 0 Å². The number of carbonyl (C=O) groups is 2. The Morgan fingerprint density at radius 2 is 1.80 bits per heavy atom. The molecule has 0 saturated carbocycles. The molecule has 0 aromatic carbocycles. The van der Waals surface area contributed by atoms with Crippen molar-refractivity contribution in [2.45, 2.75) is 38.8 Å². The van der Waals surface area contributed by atoms with Gasteiger partial charge in [-0.05, 0) is 20.8 Å². The van der Waals surface area contributed by atoms with E-state index in [9.17, 15) is 9.59 Å². The fourth-order valence-corrected chi connectivity index (χ4v) is 0.724. The van der Waals surface area contributed by atoms with Crippen molar-refractivity contribution in [3.05, 3.63) is 0 Å². The number of carbonyl (C=O) groups excluding carboxylic acids is 2. The van der Waals surface area contributed by atoms with Crippen LogP contribution in [0.15, 0.2) is 0 Å². The van der Waals surface area contributed by atoms with Crippen molar-refractivity contribution in [2.75, 3.05) is 7.11 Å². The van der Waals surface area contributed by atoms with Gasteiger partial charge in [-0.3, -0.25) is 9.59 Å². The zero-order valence-electron chi connectivity index (χ0n) is 9.40. The molecule has 0 aliphatic heterocycles. The summed E-state index contributed by atoms with van der Waals surface area (Å²) in [7, 11) is 1.24. The Morgan fingerprint density at radius 3 is 2.13 bits per heavy atom. The van der Waals surface area contributed by atoms with E-state index in [-0.39, 0.29) is 18.8 Å². The summed E-state index contributed by atoms with van der Waals surface area (Å²) in [6.07, 6.45) is -0.161. The molecule has 0 radical (unpaired) electrons. The van der Waals surface area contributed by atoms with Gasteiger partial charge in [0.25, 0.3) is 0 Å². The molecule has 0 aromatic rings. The number of esters is 2. The number of hydrogen-bond acceptors (Lipinski definition) is 5. The van der Waals surface area contributed by atoms with Gasteiger partial charge in [-0.1, -0.05) is 0 Å². The van der Waals surface area contributed by atoms with Gasteiger partial charge in [0.1, 0.15) is 11.6 Å². The van der Waals surface area contributed by atoms with Gasteiger partial charge in [0.15, 0.2) is 0 Å².